The van der Waals surface area contributed by atoms with E-state index in [1.165, 1.54) is 7.11 Å². The van der Waals surface area contributed by atoms with E-state index >= 15 is 0 Å². The monoisotopic (exact) mass is 334 g/mol. The zero-order chi connectivity index (χ0) is 14.6. The molecule has 0 radical (unpaired) electrons. The minimum Gasteiger partial charge on any atom is -0.748 e. The van der Waals surface area contributed by atoms with Crippen molar-refractivity contribution in [2.45, 2.75) is 57.8 Å². The molecule has 0 bridgehead atoms. The summed E-state index contributed by atoms with van der Waals surface area (Å²) in [6.07, 6.45) is 8.56. The van der Waals surface area contributed by atoms with Crippen LogP contribution in [0.2, 0.25) is 0 Å². The van der Waals surface area contributed by atoms with Gasteiger partial charge < -0.3 is 9.29 Å². The first-order valence-corrected chi connectivity index (χ1v) is 8.96. The summed E-state index contributed by atoms with van der Waals surface area (Å²) in [5.74, 6) is -0.142. The molecule has 0 heterocycles. The van der Waals surface area contributed by atoms with Crippen LogP contribution in [0.5, 0.6) is 0 Å². The van der Waals surface area contributed by atoms with Gasteiger partial charge in [-0.1, -0.05) is 38.5 Å². The third-order valence-electron chi connectivity index (χ3n) is 2.73. The molecule has 0 amide bonds. The van der Waals surface area contributed by atoms with Gasteiger partial charge in [0, 0.05) is 6.42 Å². The van der Waals surface area contributed by atoms with Crippen LogP contribution in [-0.4, -0.2) is 28.4 Å². The molecule has 0 aromatic carbocycles. The summed E-state index contributed by atoms with van der Waals surface area (Å²) in [5, 5.41) is 0. The van der Waals surface area contributed by atoms with Gasteiger partial charge in [0.2, 0.25) is 0 Å². The molecule has 0 saturated carbocycles. The molecule has 0 aliphatic rings. The van der Waals surface area contributed by atoms with Crippen molar-refractivity contribution < 1.29 is 52.0 Å². The van der Waals surface area contributed by atoms with E-state index in [4.69, 9.17) is 0 Å². The van der Waals surface area contributed by atoms with Crippen molar-refractivity contribution in [3.05, 3.63) is 0 Å². The summed E-state index contributed by atoms with van der Waals surface area (Å²) in [7, 11) is -2.29. The number of rotatable bonds is 12. The maximum Gasteiger partial charge on any atom is 1.00 e. The second-order valence-corrected chi connectivity index (χ2v) is 6.66. The van der Waals surface area contributed by atoms with Gasteiger partial charge in [-0.05, 0) is 24.0 Å². The van der Waals surface area contributed by atoms with Gasteiger partial charge in [-0.3, -0.25) is 8.98 Å². The third kappa shape index (κ3) is 18.8. The van der Waals surface area contributed by atoms with Crippen molar-refractivity contribution in [2.24, 2.45) is 0 Å². The molecule has 1 atom stereocenters. The Morgan fingerprint density at radius 2 is 1.50 bits per heavy atom. The molecule has 8 heteroatoms. The fourth-order valence-corrected chi connectivity index (χ4v) is 2.22. The molecule has 5 nitrogen and oxygen atoms in total. The van der Waals surface area contributed by atoms with Gasteiger partial charge in [-0.15, -0.1) is 0 Å². The first-order chi connectivity index (χ1) is 8.95. The van der Waals surface area contributed by atoms with E-state index in [1.807, 2.05) is 0 Å². The van der Waals surface area contributed by atoms with Crippen LogP contribution in [0.3, 0.4) is 0 Å². The predicted molar refractivity (Wildman–Crippen MR) is 75.8 cm³/mol. The molecule has 0 fully saturated rings. The van der Waals surface area contributed by atoms with Gasteiger partial charge in [0.05, 0.1) is 22.8 Å². The molecule has 0 spiro atoms. The smallest absolute Gasteiger partial charge is 0.748 e. The minimum absolute atomic E-state index is 0. The molecule has 0 saturated heterocycles. The number of hydrogen-bond acceptors (Lipinski definition) is 6. The van der Waals surface area contributed by atoms with Crippen molar-refractivity contribution in [3.8, 4) is 0 Å². The van der Waals surface area contributed by atoms with E-state index in [0.717, 1.165) is 51.4 Å². The standard InChI is InChI=1S/C12H24O5S2.Na/c1-16-12(13)10-8-6-4-2-3-5-7-9-11-17-19(14,15)18;/h2-11H2,1H3,(H,14,15,18);/q;+1/p-1. The Morgan fingerprint density at radius 3 is 1.95 bits per heavy atom. The number of carbonyl (C=O) groups excluding carboxylic acids is 1. The predicted octanol–water partition coefficient (Wildman–Crippen LogP) is -0.517. The quantitative estimate of drug-likeness (QED) is 0.272. The molecule has 20 heavy (non-hydrogen) atoms. The average molecular weight is 334 g/mol. The van der Waals surface area contributed by atoms with Crippen LogP contribution in [0.1, 0.15) is 57.8 Å². The summed E-state index contributed by atoms with van der Waals surface area (Å²) in [6.45, 7) is 0.185. The van der Waals surface area contributed by atoms with Crippen molar-refractivity contribution in [3.63, 3.8) is 0 Å². The fourth-order valence-electron chi connectivity index (χ4n) is 1.70. The van der Waals surface area contributed by atoms with Crippen molar-refractivity contribution in [1.82, 2.24) is 0 Å². The fraction of sp³-hybridized carbons (Fsp3) is 0.917. The maximum absolute atomic E-state index is 10.8. The molecule has 0 rings (SSSR count). The van der Waals surface area contributed by atoms with Gasteiger partial charge >= 0.3 is 35.5 Å². The average Bonchev–Trinajstić information content (AvgIpc) is 2.34. The Labute approximate surface area is 149 Å². The Kier molecular flexibility index (Phi) is 16.9. The summed E-state index contributed by atoms with van der Waals surface area (Å²) < 4.78 is 30.0. The molecule has 0 aliphatic carbocycles. The molecule has 0 aromatic heterocycles. The second-order valence-electron chi connectivity index (χ2n) is 4.38. The Hall–Kier alpha value is 0.760. The number of hydrogen-bond donors (Lipinski definition) is 0. The van der Waals surface area contributed by atoms with E-state index in [0.29, 0.717) is 6.42 Å². The first-order valence-electron chi connectivity index (χ1n) is 6.63. The molecule has 1 unspecified atom stereocenters. The number of esters is 1. The SMILES string of the molecule is COC(=O)CCCCCCCCCCOS(=O)([O-])=S.[Na+]. The van der Waals surface area contributed by atoms with Gasteiger partial charge in [-0.2, -0.15) is 0 Å². The normalized spacial score (nSPS) is 13.3. The van der Waals surface area contributed by atoms with Crippen molar-refractivity contribution in [2.75, 3.05) is 13.7 Å². The molecule has 0 N–H and O–H groups in total. The van der Waals surface area contributed by atoms with Gasteiger partial charge in [0.25, 0.3) is 0 Å². The number of methoxy groups -OCH3 is 1. The van der Waals surface area contributed by atoms with Crippen LogP contribution in [-0.2, 0) is 34.0 Å². The van der Waals surface area contributed by atoms with Crippen molar-refractivity contribution >= 4 is 26.2 Å². The largest absolute Gasteiger partial charge is 1.00 e. The van der Waals surface area contributed by atoms with Gasteiger partial charge in [0.15, 0.2) is 0 Å². The van der Waals surface area contributed by atoms with Gasteiger partial charge in [0.1, 0.15) is 0 Å². The summed E-state index contributed by atoms with van der Waals surface area (Å²) in [5.41, 5.74) is 0. The molecular weight excluding hydrogens is 311 g/mol. The minimum atomic E-state index is -3.70. The van der Waals surface area contributed by atoms with Crippen molar-refractivity contribution in [1.29, 1.82) is 0 Å². The summed E-state index contributed by atoms with van der Waals surface area (Å²) in [4.78, 5) is 10.8. The number of carbonyl (C=O) groups is 1. The van der Waals surface area contributed by atoms with E-state index in [9.17, 15) is 13.6 Å². The summed E-state index contributed by atoms with van der Waals surface area (Å²) >= 11 is 4.09. The number of unbranched alkanes of at least 4 members (excludes halogenated alkanes) is 7. The second kappa shape index (κ2) is 14.7. The summed E-state index contributed by atoms with van der Waals surface area (Å²) in [6, 6.07) is 0. The third-order valence-corrected chi connectivity index (χ3v) is 3.47. The van der Waals surface area contributed by atoms with E-state index in [1.54, 1.807) is 0 Å². The zero-order valence-corrected chi connectivity index (χ0v) is 16.1. The Bertz CT molecular complexity index is 333. The topological polar surface area (TPSA) is 75.7 Å². The maximum atomic E-state index is 10.8. The van der Waals surface area contributed by atoms with Crippen LogP contribution in [0.15, 0.2) is 0 Å². The van der Waals surface area contributed by atoms with E-state index in [2.05, 4.69) is 20.1 Å². The molecule has 114 valence electrons. The van der Waals surface area contributed by atoms with Gasteiger partial charge in [-0.25, -0.2) is 4.21 Å². The Balaban J connectivity index is 0. The van der Waals surface area contributed by atoms with Crippen LogP contribution >= 0.6 is 0 Å². The van der Waals surface area contributed by atoms with Crippen LogP contribution in [0.4, 0.5) is 0 Å². The zero-order valence-electron chi connectivity index (χ0n) is 12.4. The first kappa shape index (κ1) is 23.0. The van der Waals surface area contributed by atoms with E-state index < -0.39 is 9.05 Å². The van der Waals surface area contributed by atoms with Crippen LogP contribution < -0.4 is 29.6 Å². The Morgan fingerprint density at radius 1 is 1.05 bits per heavy atom. The van der Waals surface area contributed by atoms with E-state index in [-0.39, 0.29) is 42.1 Å². The number of ether oxygens (including phenoxy) is 1. The van der Waals surface area contributed by atoms with Crippen LogP contribution in [0.25, 0.3) is 0 Å². The molecule has 0 aliphatic heterocycles. The van der Waals surface area contributed by atoms with Crippen LogP contribution in [0, 0.1) is 0 Å². The molecular formula is C12H23NaO5S2. The molecule has 0 aromatic rings.